The molecule has 3 saturated heterocycles. The molecule has 3 aliphatic heterocycles. The summed E-state index contributed by atoms with van der Waals surface area (Å²) in [6.45, 7) is 11.2. The minimum atomic E-state index is -0.757. The van der Waals surface area contributed by atoms with Gasteiger partial charge in [0.25, 0.3) is 5.91 Å². The van der Waals surface area contributed by atoms with Crippen LogP contribution in [0.2, 0.25) is 0 Å². The van der Waals surface area contributed by atoms with E-state index in [-0.39, 0.29) is 11.9 Å². The molecule has 7 nitrogen and oxygen atoms in total. The summed E-state index contributed by atoms with van der Waals surface area (Å²) < 4.78 is 0. The van der Waals surface area contributed by atoms with Gasteiger partial charge in [0, 0.05) is 58.4 Å². The third-order valence-electron chi connectivity index (χ3n) is 4.77. The number of carbonyl (C=O) groups excluding carboxylic acids is 2. The molecule has 0 unspecified atom stereocenters. The Balaban J connectivity index is 1.44. The third-order valence-corrected chi connectivity index (χ3v) is 4.77. The van der Waals surface area contributed by atoms with Crippen LogP contribution in [0.15, 0.2) is 0 Å². The highest BCUT2D eigenvalue weighted by atomic mass is 16.2. The molecule has 118 valence electrons. The predicted molar refractivity (Wildman–Crippen MR) is 79.0 cm³/mol. The minimum Gasteiger partial charge on any atom is -0.324 e. The second-order valence-electron chi connectivity index (χ2n) is 6.70. The van der Waals surface area contributed by atoms with Crippen LogP contribution >= 0.6 is 0 Å². The number of hydrogen-bond donors (Lipinski definition) is 2. The first-order valence-corrected chi connectivity index (χ1v) is 7.78. The van der Waals surface area contributed by atoms with Crippen molar-refractivity contribution in [3.63, 3.8) is 0 Å². The molecule has 0 atom stereocenters. The number of urea groups is 1. The molecular weight excluding hydrogens is 270 g/mol. The van der Waals surface area contributed by atoms with E-state index in [0.717, 1.165) is 45.8 Å². The molecule has 3 fully saturated rings. The third kappa shape index (κ3) is 2.90. The fraction of sp³-hybridized carbons (Fsp3) is 0.857. The maximum Gasteiger partial charge on any atom is 0.325 e. The predicted octanol–water partition coefficient (Wildman–Crippen LogP) is -1.09. The lowest BCUT2D eigenvalue weighted by Crippen LogP contribution is -2.61. The van der Waals surface area contributed by atoms with Crippen LogP contribution in [-0.2, 0) is 4.79 Å². The zero-order valence-corrected chi connectivity index (χ0v) is 12.9. The fourth-order valence-electron chi connectivity index (χ4n) is 3.15. The van der Waals surface area contributed by atoms with Crippen LogP contribution in [0.4, 0.5) is 4.79 Å². The summed E-state index contributed by atoms with van der Waals surface area (Å²) in [6.07, 6.45) is 0. The molecule has 0 aromatic carbocycles. The van der Waals surface area contributed by atoms with E-state index >= 15 is 0 Å². The van der Waals surface area contributed by atoms with Crippen molar-refractivity contribution in [2.24, 2.45) is 0 Å². The standard InChI is InChI=1S/C14H25N5O2/c1-14(2)12(20)19(13(21)16-14)8-5-17-3-6-18(7-4-17)11-9-15-10-11/h11,15H,3-10H2,1-2H3,(H,16,21). The average molecular weight is 295 g/mol. The Bertz CT molecular complexity index is 427. The van der Waals surface area contributed by atoms with Crippen molar-refractivity contribution in [2.75, 3.05) is 52.4 Å². The number of rotatable bonds is 4. The first-order chi connectivity index (χ1) is 9.97. The largest absolute Gasteiger partial charge is 0.325 e. The van der Waals surface area contributed by atoms with Crippen molar-refractivity contribution in [1.29, 1.82) is 0 Å². The van der Waals surface area contributed by atoms with Gasteiger partial charge in [-0.25, -0.2) is 4.79 Å². The topological polar surface area (TPSA) is 67.9 Å². The van der Waals surface area contributed by atoms with Gasteiger partial charge in [0.1, 0.15) is 5.54 Å². The molecule has 0 bridgehead atoms. The number of carbonyl (C=O) groups is 2. The average Bonchev–Trinajstić information content (AvgIpc) is 2.56. The molecule has 3 rings (SSSR count). The number of hydrogen-bond acceptors (Lipinski definition) is 5. The molecule has 21 heavy (non-hydrogen) atoms. The Morgan fingerprint density at radius 2 is 1.76 bits per heavy atom. The van der Waals surface area contributed by atoms with E-state index in [1.54, 1.807) is 13.8 Å². The van der Waals surface area contributed by atoms with Gasteiger partial charge in [-0.15, -0.1) is 0 Å². The molecule has 3 amide bonds. The van der Waals surface area contributed by atoms with Crippen LogP contribution in [-0.4, -0.2) is 90.6 Å². The molecule has 0 aliphatic carbocycles. The molecule has 3 aliphatic rings. The van der Waals surface area contributed by atoms with Crippen molar-refractivity contribution in [1.82, 2.24) is 25.3 Å². The van der Waals surface area contributed by atoms with Crippen LogP contribution in [0, 0.1) is 0 Å². The number of piperazine rings is 1. The van der Waals surface area contributed by atoms with Gasteiger partial charge in [-0.1, -0.05) is 0 Å². The van der Waals surface area contributed by atoms with Crippen LogP contribution in [0.5, 0.6) is 0 Å². The Morgan fingerprint density at radius 3 is 2.24 bits per heavy atom. The monoisotopic (exact) mass is 295 g/mol. The summed E-state index contributed by atoms with van der Waals surface area (Å²) in [6, 6.07) is 0.447. The van der Waals surface area contributed by atoms with E-state index in [4.69, 9.17) is 0 Å². The van der Waals surface area contributed by atoms with Gasteiger partial charge in [0.15, 0.2) is 0 Å². The Morgan fingerprint density at radius 1 is 1.10 bits per heavy atom. The van der Waals surface area contributed by atoms with E-state index in [0.29, 0.717) is 12.6 Å². The first kappa shape index (κ1) is 14.7. The summed E-state index contributed by atoms with van der Waals surface area (Å²) >= 11 is 0. The van der Waals surface area contributed by atoms with Crippen molar-refractivity contribution >= 4 is 11.9 Å². The lowest BCUT2D eigenvalue weighted by Gasteiger charge is -2.43. The van der Waals surface area contributed by atoms with E-state index in [9.17, 15) is 9.59 Å². The summed E-state index contributed by atoms with van der Waals surface area (Å²) in [7, 11) is 0. The highest BCUT2D eigenvalue weighted by Crippen LogP contribution is 2.16. The molecule has 0 radical (unpaired) electrons. The maximum absolute atomic E-state index is 12.1. The summed E-state index contributed by atoms with van der Waals surface area (Å²) in [5.74, 6) is -0.119. The zero-order valence-electron chi connectivity index (χ0n) is 12.9. The smallest absolute Gasteiger partial charge is 0.324 e. The SMILES string of the molecule is CC1(C)NC(=O)N(CCN2CCN(C3CNC3)CC2)C1=O. The molecule has 7 heteroatoms. The van der Waals surface area contributed by atoms with E-state index < -0.39 is 5.54 Å². The Kier molecular flexibility index (Phi) is 3.90. The Hall–Kier alpha value is -1.18. The van der Waals surface area contributed by atoms with Crippen molar-refractivity contribution < 1.29 is 9.59 Å². The van der Waals surface area contributed by atoms with Gasteiger partial charge in [-0.2, -0.15) is 0 Å². The van der Waals surface area contributed by atoms with Gasteiger partial charge < -0.3 is 10.6 Å². The Labute approximate surface area is 125 Å². The molecule has 0 saturated carbocycles. The van der Waals surface area contributed by atoms with E-state index in [1.165, 1.54) is 4.90 Å². The fourth-order valence-corrected chi connectivity index (χ4v) is 3.15. The molecule has 0 spiro atoms. The highest BCUT2D eigenvalue weighted by Gasteiger charge is 2.44. The van der Waals surface area contributed by atoms with Crippen LogP contribution in [0.3, 0.4) is 0 Å². The van der Waals surface area contributed by atoms with Gasteiger partial charge in [0.2, 0.25) is 0 Å². The van der Waals surface area contributed by atoms with Gasteiger partial charge in [-0.05, 0) is 13.8 Å². The maximum atomic E-state index is 12.1. The van der Waals surface area contributed by atoms with E-state index in [2.05, 4.69) is 20.4 Å². The van der Waals surface area contributed by atoms with Gasteiger partial charge in [-0.3, -0.25) is 19.5 Å². The molecule has 0 aromatic heterocycles. The normalized spacial score (nSPS) is 27.8. The molecule has 0 aromatic rings. The number of imide groups is 1. The van der Waals surface area contributed by atoms with Crippen molar-refractivity contribution in [3.8, 4) is 0 Å². The van der Waals surface area contributed by atoms with Crippen LogP contribution in [0.25, 0.3) is 0 Å². The second kappa shape index (κ2) is 5.55. The number of amides is 3. The minimum absolute atomic E-state index is 0.119. The van der Waals surface area contributed by atoms with Gasteiger partial charge >= 0.3 is 6.03 Å². The molecular formula is C14H25N5O2. The first-order valence-electron chi connectivity index (χ1n) is 7.78. The number of nitrogens with zero attached hydrogens (tertiary/aromatic N) is 3. The van der Waals surface area contributed by atoms with E-state index in [1.807, 2.05) is 0 Å². The number of nitrogens with one attached hydrogen (secondary N) is 2. The second-order valence-corrected chi connectivity index (χ2v) is 6.70. The quantitative estimate of drug-likeness (QED) is 0.645. The van der Waals surface area contributed by atoms with Crippen molar-refractivity contribution in [3.05, 3.63) is 0 Å². The van der Waals surface area contributed by atoms with Crippen LogP contribution in [0.1, 0.15) is 13.8 Å². The van der Waals surface area contributed by atoms with Gasteiger partial charge in [0.05, 0.1) is 0 Å². The zero-order chi connectivity index (χ0) is 15.0. The van der Waals surface area contributed by atoms with Crippen molar-refractivity contribution in [2.45, 2.75) is 25.4 Å². The lowest BCUT2D eigenvalue weighted by atomic mass is 10.1. The molecule has 2 N–H and O–H groups in total. The van der Waals surface area contributed by atoms with Crippen LogP contribution < -0.4 is 10.6 Å². The highest BCUT2D eigenvalue weighted by molar-refractivity contribution is 6.06. The summed E-state index contributed by atoms with van der Waals surface area (Å²) in [5.41, 5.74) is -0.757. The molecule has 3 heterocycles. The summed E-state index contributed by atoms with van der Waals surface area (Å²) in [5, 5.41) is 6.03. The lowest BCUT2D eigenvalue weighted by molar-refractivity contribution is -0.130. The summed E-state index contributed by atoms with van der Waals surface area (Å²) in [4.78, 5) is 30.2.